The number of aliphatic hydroxyl groups is 1. The highest BCUT2D eigenvalue weighted by Gasteiger charge is 2.49. The first-order chi connectivity index (χ1) is 34.9. The average Bonchev–Trinajstić information content (AvgIpc) is 3.72. The van der Waals surface area contributed by atoms with Gasteiger partial charge >= 0.3 is 0 Å². The molecule has 0 aliphatic carbocycles. The summed E-state index contributed by atoms with van der Waals surface area (Å²) in [5.74, 6) is -0.977. The number of nitrogens with zero attached hydrogens (tertiary/aromatic N) is 7. The lowest BCUT2D eigenvalue weighted by Crippen LogP contribution is -2.56. The summed E-state index contributed by atoms with van der Waals surface area (Å²) in [5.41, 5.74) is 12.3. The zero-order chi connectivity index (χ0) is 51.6. The van der Waals surface area contributed by atoms with E-state index in [1.165, 1.54) is 16.2 Å². The first-order valence-corrected chi connectivity index (χ1v) is 26.1. The monoisotopic (exact) mass is 997 g/mol. The maximum atomic E-state index is 16.2. The summed E-state index contributed by atoms with van der Waals surface area (Å²) in [5, 5.41) is 14.6. The van der Waals surface area contributed by atoms with Crippen molar-refractivity contribution >= 4 is 51.9 Å². The number of carbonyl (C=O) groups excluding carboxylic acids is 3. The zero-order valence-corrected chi connectivity index (χ0v) is 42.8. The minimum Gasteiger partial charge on any atom is -0.396 e. The molecule has 8 heterocycles. The summed E-state index contributed by atoms with van der Waals surface area (Å²) in [6, 6.07) is 14.1. The third kappa shape index (κ3) is 9.41. The number of nitrogens with two attached hydrogens (primary N) is 1. The number of aliphatic hydroxyl groups excluding tert-OH is 1. The van der Waals surface area contributed by atoms with Gasteiger partial charge in [-0.05, 0) is 118 Å². The van der Waals surface area contributed by atoms with Crippen LogP contribution >= 0.6 is 0 Å². The van der Waals surface area contributed by atoms with Gasteiger partial charge in [-0.3, -0.25) is 34.0 Å². The molecule has 4 N–H and O–H groups in total. The number of benzene rings is 2. The van der Waals surface area contributed by atoms with E-state index in [9.17, 15) is 28.7 Å². The molecule has 2 aromatic carbocycles. The van der Waals surface area contributed by atoms with E-state index in [0.29, 0.717) is 84.7 Å². The third-order valence-electron chi connectivity index (χ3n) is 16.8. The first-order valence-electron chi connectivity index (χ1n) is 26.1. The van der Waals surface area contributed by atoms with E-state index in [1.807, 2.05) is 55.5 Å². The van der Waals surface area contributed by atoms with E-state index < -0.39 is 29.1 Å². The van der Waals surface area contributed by atoms with Gasteiger partial charge in [0.15, 0.2) is 5.82 Å². The molecular formula is C57H68F2N9O5+. The van der Waals surface area contributed by atoms with Crippen LogP contribution in [0.5, 0.6) is 0 Å². The molecule has 3 amide bonds. The third-order valence-corrected chi connectivity index (χ3v) is 16.8. The lowest BCUT2D eigenvalue weighted by atomic mass is 9.83. The van der Waals surface area contributed by atoms with Gasteiger partial charge in [-0.15, -0.1) is 0 Å². The second-order valence-electron chi connectivity index (χ2n) is 21.9. The van der Waals surface area contributed by atoms with Gasteiger partial charge in [0.05, 0.1) is 17.6 Å². The van der Waals surface area contributed by atoms with Crippen LogP contribution in [0.25, 0.3) is 22.3 Å². The molecule has 5 aliphatic heterocycles. The van der Waals surface area contributed by atoms with Crippen molar-refractivity contribution in [1.82, 2.24) is 29.2 Å². The number of anilines is 2. The van der Waals surface area contributed by atoms with Crippen molar-refractivity contribution in [2.45, 2.75) is 122 Å². The molecule has 73 heavy (non-hydrogen) atoms. The first kappa shape index (κ1) is 50.0. The Hall–Kier alpha value is -6.52. The molecule has 3 saturated heterocycles. The van der Waals surface area contributed by atoms with Crippen molar-refractivity contribution in [1.29, 1.82) is 0 Å². The molecule has 5 aliphatic rings. The average molecular weight is 997 g/mol. The van der Waals surface area contributed by atoms with Crippen molar-refractivity contribution in [3.05, 3.63) is 123 Å². The number of nitrogen functional groups attached to an aromatic ring is 1. The number of halogens is 2. The minimum absolute atomic E-state index is 0.0552. The fourth-order valence-electron chi connectivity index (χ4n) is 12.6. The maximum Gasteiger partial charge on any atom is 0.257 e. The SMILES string of the molecule is Cc1cc(C(=O)N2CCC(C=[N+]3CCCC(Cc4ccc5c(c4)C(C)(C)C(O)N5C4CCC(=O)NC4=O)CC3C)CC2)cc(F)c1C1=CCN([C@@H](C)c2cc3c(-n4cc(F)c(N)cc4=O)ccnc3n2C)CC1. The molecule has 10 rings (SSSR count). The molecule has 14 nitrogen and oxygen atoms in total. The number of piperidine rings is 2. The van der Waals surface area contributed by atoms with E-state index >= 15 is 4.39 Å². The van der Waals surface area contributed by atoms with Crippen LogP contribution < -0.4 is 21.5 Å². The molecule has 16 heteroatoms. The maximum absolute atomic E-state index is 16.2. The van der Waals surface area contributed by atoms with Crippen molar-refractivity contribution in [2.24, 2.45) is 18.9 Å². The van der Waals surface area contributed by atoms with Crippen molar-refractivity contribution in [2.75, 3.05) is 43.4 Å². The molecule has 4 unspecified atom stereocenters. The summed E-state index contributed by atoms with van der Waals surface area (Å²) in [6.45, 7) is 13.8. The lowest BCUT2D eigenvalue weighted by molar-refractivity contribution is -0.559. The number of hydrogen-bond donors (Lipinski definition) is 3. The predicted octanol–water partition coefficient (Wildman–Crippen LogP) is 7.33. The number of amides is 3. The Morgan fingerprint density at radius 3 is 2.51 bits per heavy atom. The number of aryl methyl sites for hydroxylation is 2. The van der Waals surface area contributed by atoms with E-state index in [4.69, 9.17) is 5.73 Å². The van der Waals surface area contributed by atoms with E-state index in [1.54, 1.807) is 17.2 Å². The van der Waals surface area contributed by atoms with Crippen LogP contribution in [0.4, 0.5) is 20.2 Å². The predicted molar refractivity (Wildman–Crippen MR) is 279 cm³/mol. The topological polar surface area (TPSA) is 162 Å². The number of likely N-dealkylation sites (tertiary alicyclic amines) is 1. The number of aromatic nitrogens is 3. The molecule has 3 fully saturated rings. The Morgan fingerprint density at radius 2 is 1.78 bits per heavy atom. The number of pyridine rings is 2. The van der Waals surface area contributed by atoms with Gasteiger partial charge in [0.1, 0.15) is 42.5 Å². The number of carbonyl (C=O) groups is 3. The van der Waals surface area contributed by atoms with Gasteiger partial charge in [0.2, 0.25) is 11.8 Å². The molecule has 0 radical (unpaired) electrons. The molecule has 5 aromatic rings. The summed E-state index contributed by atoms with van der Waals surface area (Å²) < 4.78 is 36.4. The van der Waals surface area contributed by atoms with Crippen LogP contribution in [0.3, 0.4) is 0 Å². The summed E-state index contributed by atoms with van der Waals surface area (Å²) >= 11 is 0. The number of nitrogens with one attached hydrogen (secondary N) is 1. The molecule has 3 aromatic heterocycles. The van der Waals surface area contributed by atoms with Gasteiger partial charge in [0.25, 0.3) is 11.5 Å². The van der Waals surface area contributed by atoms with Crippen LogP contribution in [-0.4, -0.2) is 109 Å². The standard InChI is InChI=1S/C57H67F2N9O5/c1-33-24-40(28-43(58)52(33)39-16-22-64(23-17-39)35(3)49-29-41-46(13-18-61-53(41)63(49)6)67-32-44(59)45(60)30-51(67)70)55(72)65-20-14-36(15-21-65)31-66-19-7-8-37(25-34(66)2)26-38-9-10-47-42(27-38)57(4,5)56(73)68(47)48-11-12-50(69)62-54(48)71/h9-10,13,16,18,24,27-32,34-37,48,56,73H,7-8,11-12,14-15,17,19-23,25-26H2,1-6H3,(H2-,60,62,69,70,71)/p+1/t34?,35-,37?,48?,56?/m0/s1. The van der Waals surface area contributed by atoms with Crippen LogP contribution in [0, 0.1) is 30.4 Å². The van der Waals surface area contributed by atoms with Crippen LogP contribution in [0.1, 0.15) is 123 Å². The number of imide groups is 1. The molecule has 5 atom stereocenters. The highest BCUT2D eigenvalue weighted by molar-refractivity contribution is 6.02. The summed E-state index contributed by atoms with van der Waals surface area (Å²) in [4.78, 5) is 62.0. The van der Waals surface area contributed by atoms with Gasteiger partial charge < -0.3 is 25.2 Å². The Bertz CT molecular complexity index is 3130. The van der Waals surface area contributed by atoms with Gasteiger partial charge in [-0.1, -0.05) is 32.1 Å². The smallest absolute Gasteiger partial charge is 0.257 e. The molecule has 0 spiro atoms. The van der Waals surface area contributed by atoms with E-state index in [2.05, 4.69) is 58.0 Å². The summed E-state index contributed by atoms with van der Waals surface area (Å²) in [7, 11) is 1.92. The second kappa shape index (κ2) is 19.7. The zero-order valence-electron chi connectivity index (χ0n) is 42.8. The largest absolute Gasteiger partial charge is 0.396 e. The molecule has 0 saturated carbocycles. The Balaban J connectivity index is 0.741. The van der Waals surface area contributed by atoms with Crippen molar-refractivity contribution < 1.29 is 32.8 Å². The van der Waals surface area contributed by atoms with Crippen molar-refractivity contribution in [3.63, 3.8) is 0 Å². The van der Waals surface area contributed by atoms with Crippen LogP contribution in [0.15, 0.2) is 71.8 Å². The van der Waals surface area contributed by atoms with Gasteiger partial charge in [-0.2, -0.15) is 0 Å². The Kier molecular flexibility index (Phi) is 13.5. The normalized spacial score (nSPS) is 23.9. The summed E-state index contributed by atoms with van der Waals surface area (Å²) in [6.07, 6.45) is 13.5. The van der Waals surface area contributed by atoms with E-state index in [0.717, 1.165) is 85.4 Å². The van der Waals surface area contributed by atoms with Gasteiger partial charge in [-0.25, -0.2) is 18.3 Å². The van der Waals surface area contributed by atoms with Crippen molar-refractivity contribution in [3.8, 4) is 5.69 Å². The van der Waals surface area contributed by atoms with Crippen LogP contribution in [-0.2, 0) is 28.5 Å². The fraction of sp³-hybridized carbons (Fsp3) is 0.474. The molecular weight excluding hydrogens is 929 g/mol. The Morgan fingerprint density at radius 1 is 1.00 bits per heavy atom. The fourth-order valence-corrected chi connectivity index (χ4v) is 12.6. The highest BCUT2D eigenvalue weighted by atomic mass is 19.1. The number of rotatable bonds is 9. The minimum atomic E-state index is -0.877. The number of fused-ring (bicyclic) bond motifs is 2. The number of hydrogen-bond acceptors (Lipinski definition) is 9. The quantitative estimate of drug-likeness (QED) is 0.101. The molecule has 0 bridgehead atoms. The lowest BCUT2D eigenvalue weighted by Gasteiger charge is -2.36. The highest BCUT2D eigenvalue weighted by Crippen LogP contribution is 2.47. The Labute approximate surface area is 425 Å². The van der Waals surface area contributed by atoms with Crippen LogP contribution in [0.2, 0.25) is 0 Å². The second-order valence-corrected chi connectivity index (χ2v) is 21.9. The van der Waals surface area contributed by atoms with E-state index in [-0.39, 0.29) is 41.7 Å². The van der Waals surface area contributed by atoms with Gasteiger partial charge in [0, 0.05) is 110 Å². The molecule has 384 valence electrons.